The monoisotopic (exact) mass is 295 g/mol. The maximum absolute atomic E-state index is 4.79. The van der Waals surface area contributed by atoms with Crippen LogP contribution < -0.4 is 10.2 Å². The van der Waals surface area contributed by atoms with Crippen molar-refractivity contribution in [1.29, 1.82) is 0 Å². The van der Waals surface area contributed by atoms with E-state index < -0.39 is 0 Å². The summed E-state index contributed by atoms with van der Waals surface area (Å²) < 4.78 is 0. The van der Waals surface area contributed by atoms with Gasteiger partial charge in [0.15, 0.2) is 5.13 Å². The van der Waals surface area contributed by atoms with Gasteiger partial charge in [0.1, 0.15) is 0 Å². The van der Waals surface area contributed by atoms with Crippen molar-refractivity contribution in [2.45, 2.75) is 53.5 Å². The lowest BCUT2D eigenvalue weighted by Gasteiger charge is -2.38. The second-order valence-electron chi connectivity index (χ2n) is 7.08. The quantitative estimate of drug-likeness (QED) is 0.913. The summed E-state index contributed by atoms with van der Waals surface area (Å²) in [5.41, 5.74) is 1.63. The highest BCUT2D eigenvalue weighted by Crippen LogP contribution is 2.37. The van der Waals surface area contributed by atoms with Crippen molar-refractivity contribution in [3.05, 3.63) is 10.6 Å². The number of aryl methyl sites for hydroxylation is 1. The molecule has 0 spiro atoms. The number of anilines is 1. The van der Waals surface area contributed by atoms with Gasteiger partial charge in [-0.15, -0.1) is 11.3 Å². The fourth-order valence-corrected chi connectivity index (χ4v) is 4.18. The molecule has 1 fully saturated rings. The SMILES string of the molecule is CNC(C)c1sc(N2CCC(C(C)(C)C)CC2)nc1C. The Balaban J connectivity index is 2.04. The van der Waals surface area contributed by atoms with E-state index in [0.717, 1.165) is 19.0 Å². The molecule has 3 nitrogen and oxygen atoms in total. The van der Waals surface area contributed by atoms with Gasteiger partial charge in [0.2, 0.25) is 0 Å². The maximum Gasteiger partial charge on any atom is 0.185 e. The Kier molecular flexibility index (Phi) is 4.75. The molecule has 4 heteroatoms. The Morgan fingerprint density at radius 2 is 1.90 bits per heavy atom. The average Bonchev–Trinajstić information content (AvgIpc) is 2.79. The van der Waals surface area contributed by atoms with Gasteiger partial charge in [0, 0.05) is 24.0 Å². The molecule has 114 valence electrons. The minimum Gasteiger partial charge on any atom is -0.348 e. The number of thiazole rings is 1. The van der Waals surface area contributed by atoms with Crippen LogP contribution in [0.3, 0.4) is 0 Å². The first-order chi connectivity index (χ1) is 9.32. The summed E-state index contributed by atoms with van der Waals surface area (Å²) >= 11 is 1.86. The third kappa shape index (κ3) is 3.34. The third-order valence-electron chi connectivity index (χ3n) is 4.64. The smallest absolute Gasteiger partial charge is 0.185 e. The van der Waals surface area contributed by atoms with E-state index in [4.69, 9.17) is 4.98 Å². The minimum absolute atomic E-state index is 0.397. The van der Waals surface area contributed by atoms with Gasteiger partial charge in [-0.25, -0.2) is 4.98 Å². The first-order valence-electron chi connectivity index (χ1n) is 7.72. The van der Waals surface area contributed by atoms with Gasteiger partial charge < -0.3 is 10.2 Å². The molecule has 20 heavy (non-hydrogen) atoms. The fourth-order valence-electron chi connectivity index (χ4n) is 3.00. The van der Waals surface area contributed by atoms with E-state index >= 15 is 0 Å². The Bertz CT molecular complexity index is 439. The molecule has 0 amide bonds. The van der Waals surface area contributed by atoms with Crippen LogP contribution in [0.25, 0.3) is 0 Å². The van der Waals surface area contributed by atoms with Gasteiger partial charge in [0.25, 0.3) is 0 Å². The molecule has 0 radical (unpaired) electrons. The molecule has 1 aromatic heterocycles. The highest BCUT2D eigenvalue weighted by molar-refractivity contribution is 7.15. The van der Waals surface area contributed by atoms with Crippen LogP contribution in [0, 0.1) is 18.3 Å². The largest absolute Gasteiger partial charge is 0.348 e. The van der Waals surface area contributed by atoms with Gasteiger partial charge in [-0.2, -0.15) is 0 Å². The molecule has 0 bridgehead atoms. The zero-order valence-electron chi connectivity index (χ0n) is 13.8. The van der Waals surface area contributed by atoms with E-state index in [9.17, 15) is 0 Å². The lowest BCUT2D eigenvalue weighted by molar-refractivity contribution is 0.199. The molecular formula is C16H29N3S. The lowest BCUT2D eigenvalue weighted by atomic mass is 9.75. The van der Waals surface area contributed by atoms with Crippen LogP contribution in [0.1, 0.15) is 57.1 Å². The summed E-state index contributed by atoms with van der Waals surface area (Å²) in [4.78, 5) is 8.65. The number of rotatable bonds is 3. The van der Waals surface area contributed by atoms with E-state index in [2.05, 4.69) is 44.8 Å². The number of nitrogens with zero attached hydrogens (tertiary/aromatic N) is 2. The van der Waals surface area contributed by atoms with Crippen molar-refractivity contribution in [2.75, 3.05) is 25.0 Å². The predicted molar refractivity (Wildman–Crippen MR) is 88.7 cm³/mol. The Hall–Kier alpha value is -0.610. The normalized spacial score (nSPS) is 19.4. The number of nitrogens with one attached hydrogen (secondary N) is 1. The summed E-state index contributed by atoms with van der Waals surface area (Å²) in [5.74, 6) is 0.843. The van der Waals surface area contributed by atoms with Crippen molar-refractivity contribution in [1.82, 2.24) is 10.3 Å². The van der Waals surface area contributed by atoms with Crippen LogP contribution in [0.2, 0.25) is 0 Å². The zero-order chi connectivity index (χ0) is 14.9. The van der Waals surface area contributed by atoms with Crippen LogP contribution in [0.5, 0.6) is 0 Å². The molecule has 1 N–H and O–H groups in total. The summed E-state index contributed by atoms with van der Waals surface area (Å²) in [6, 6.07) is 0.397. The molecule has 1 saturated heterocycles. The minimum atomic E-state index is 0.397. The van der Waals surface area contributed by atoms with E-state index in [1.807, 2.05) is 18.4 Å². The van der Waals surface area contributed by atoms with E-state index in [1.165, 1.54) is 28.5 Å². The standard InChI is InChI=1S/C16H29N3S/c1-11(17-6)14-12(2)18-15(20-14)19-9-7-13(8-10-19)16(3,4)5/h11,13,17H,7-10H2,1-6H3. The molecule has 0 aliphatic carbocycles. The molecule has 1 aromatic rings. The molecule has 2 heterocycles. The predicted octanol–water partition coefficient (Wildman–Crippen LogP) is 3.99. The molecular weight excluding hydrogens is 266 g/mol. The number of hydrogen-bond acceptors (Lipinski definition) is 4. The van der Waals surface area contributed by atoms with Crippen LogP contribution >= 0.6 is 11.3 Å². The second kappa shape index (κ2) is 6.02. The summed E-state index contributed by atoms with van der Waals surface area (Å²) in [7, 11) is 2.01. The Morgan fingerprint density at radius 1 is 1.30 bits per heavy atom. The van der Waals surface area contributed by atoms with Crippen molar-refractivity contribution < 1.29 is 0 Å². The maximum atomic E-state index is 4.79. The van der Waals surface area contributed by atoms with Crippen LogP contribution in [-0.4, -0.2) is 25.1 Å². The lowest BCUT2D eigenvalue weighted by Crippen LogP contribution is -2.37. The zero-order valence-corrected chi connectivity index (χ0v) is 14.6. The summed E-state index contributed by atoms with van der Waals surface area (Å²) in [6.07, 6.45) is 2.58. The Labute approximate surface area is 127 Å². The molecule has 0 saturated carbocycles. The molecule has 1 aliphatic rings. The highest BCUT2D eigenvalue weighted by atomic mass is 32.1. The number of piperidine rings is 1. The molecule has 1 unspecified atom stereocenters. The number of aromatic nitrogens is 1. The van der Waals surface area contributed by atoms with Crippen molar-refractivity contribution in [3.8, 4) is 0 Å². The van der Waals surface area contributed by atoms with Crippen LogP contribution in [0.4, 0.5) is 5.13 Å². The van der Waals surface area contributed by atoms with Crippen molar-refractivity contribution >= 4 is 16.5 Å². The van der Waals surface area contributed by atoms with Crippen LogP contribution in [-0.2, 0) is 0 Å². The molecule has 0 aromatic carbocycles. The first-order valence-corrected chi connectivity index (χ1v) is 8.54. The number of hydrogen-bond donors (Lipinski definition) is 1. The van der Waals surface area contributed by atoms with Gasteiger partial charge in [-0.1, -0.05) is 20.8 Å². The van der Waals surface area contributed by atoms with E-state index in [0.29, 0.717) is 11.5 Å². The molecule has 1 aliphatic heterocycles. The first kappa shape index (κ1) is 15.8. The second-order valence-corrected chi connectivity index (χ2v) is 8.09. The van der Waals surface area contributed by atoms with Gasteiger partial charge >= 0.3 is 0 Å². The van der Waals surface area contributed by atoms with Crippen molar-refractivity contribution in [2.24, 2.45) is 11.3 Å². The third-order valence-corrected chi connectivity index (χ3v) is 6.04. The van der Waals surface area contributed by atoms with Gasteiger partial charge in [-0.05, 0) is 45.1 Å². The molecule has 1 atom stereocenters. The van der Waals surface area contributed by atoms with Crippen molar-refractivity contribution in [3.63, 3.8) is 0 Å². The highest BCUT2D eigenvalue weighted by Gasteiger charge is 2.30. The fraction of sp³-hybridized carbons (Fsp3) is 0.812. The molecule has 2 rings (SSSR count). The summed E-state index contributed by atoms with van der Waals surface area (Å²) in [6.45, 7) is 13.8. The Morgan fingerprint density at radius 3 is 2.40 bits per heavy atom. The van der Waals surface area contributed by atoms with Crippen LogP contribution in [0.15, 0.2) is 0 Å². The average molecular weight is 295 g/mol. The van der Waals surface area contributed by atoms with Gasteiger partial charge in [0.05, 0.1) is 5.69 Å². The van der Waals surface area contributed by atoms with E-state index in [-0.39, 0.29) is 0 Å². The van der Waals surface area contributed by atoms with Gasteiger partial charge in [-0.3, -0.25) is 0 Å². The summed E-state index contributed by atoms with van der Waals surface area (Å²) in [5, 5.41) is 4.53. The topological polar surface area (TPSA) is 28.2 Å². The van der Waals surface area contributed by atoms with E-state index in [1.54, 1.807) is 0 Å².